The van der Waals surface area contributed by atoms with Crippen molar-refractivity contribution in [2.75, 3.05) is 6.61 Å². The Kier molecular flexibility index (Phi) is 5.21. The van der Waals surface area contributed by atoms with Crippen LogP contribution in [0.3, 0.4) is 0 Å². The lowest BCUT2D eigenvalue weighted by molar-refractivity contribution is -0.0667. The molecule has 1 amide bonds. The number of carbonyl (C=O) groups is 1. The van der Waals surface area contributed by atoms with Gasteiger partial charge in [-0.05, 0) is 27.2 Å². The number of amides is 1. The smallest absolute Gasteiger partial charge is 0.412 e. The average Bonchev–Trinajstić information content (AvgIpc) is 2.57. The van der Waals surface area contributed by atoms with E-state index in [1.807, 2.05) is 6.92 Å². The molecule has 1 saturated heterocycles. The van der Waals surface area contributed by atoms with Crippen molar-refractivity contribution in [2.45, 2.75) is 64.5 Å². The van der Waals surface area contributed by atoms with E-state index in [2.05, 4.69) is 5.92 Å². The number of hydrogen-bond donors (Lipinski definition) is 1. The van der Waals surface area contributed by atoms with Gasteiger partial charge in [-0.2, -0.15) is 0 Å². The molecule has 1 N–H and O–H groups in total. The van der Waals surface area contributed by atoms with E-state index >= 15 is 0 Å². The van der Waals surface area contributed by atoms with E-state index in [0.717, 1.165) is 12.8 Å². The first-order valence-electron chi connectivity index (χ1n) is 6.63. The third-order valence-corrected chi connectivity index (χ3v) is 3.25. The minimum atomic E-state index is -1.07. The Balaban J connectivity index is 2.85. The molecule has 0 unspecified atom stereocenters. The van der Waals surface area contributed by atoms with Crippen LogP contribution < -0.4 is 0 Å². The number of terminal acetylenes is 1. The van der Waals surface area contributed by atoms with Crippen LogP contribution in [0.1, 0.15) is 40.5 Å². The van der Waals surface area contributed by atoms with Crippen molar-refractivity contribution < 1.29 is 19.4 Å². The lowest BCUT2D eigenvalue weighted by Crippen LogP contribution is -2.52. The lowest BCUT2D eigenvalue weighted by atomic mass is 10.1. The molecule has 0 aromatic rings. The summed E-state index contributed by atoms with van der Waals surface area (Å²) in [4.78, 5) is 13.6. The van der Waals surface area contributed by atoms with E-state index in [1.54, 1.807) is 20.8 Å². The van der Waals surface area contributed by atoms with E-state index in [-0.39, 0.29) is 6.10 Å². The van der Waals surface area contributed by atoms with E-state index in [9.17, 15) is 9.90 Å². The molecule has 0 aromatic heterocycles. The van der Waals surface area contributed by atoms with Gasteiger partial charge in [0.25, 0.3) is 0 Å². The summed E-state index contributed by atoms with van der Waals surface area (Å²) in [5.74, 6) is 2.25. The summed E-state index contributed by atoms with van der Waals surface area (Å²) in [6, 6.07) is -0.589. The van der Waals surface area contributed by atoms with Gasteiger partial charge in [0.2, 0.25) is 0 Å². The van der Waals surface area contributed by atoms with E-state index in [1.165, 1.54) is 4.90 Å². The number of nitrogens with zero attached hydrogens (tertiary/aromatic N) is 1. The first-order chi connectivity index (χ1) is 8.85. The quantitative estimate of drug-likeness (QED) is 0.624. The van der Waals surface area contributed by atoms with Gasteiger partial charge in [0.1, 0.15) is 17.9 Å². The summed E-state index contributed by atoms with van der Waals surface area (Å²) in [6.07, 6.45) is 5.08. The average molecular weight is 269 g/mol. The van der Waals surface area contributed by atoms with Crippen molar-refractivity contribution in [3.63, 3.8) is 0 Å². The van der Waals surface area contributed by atoms with Crippen molar-refractivity contribution in [2.24, 2.45) is 0 Å². The second-order valence-electron chi connectivity index (χ2n) is 5.21. The van der Waals surface area contributed by atoms with Gasteiger partial charge in [-0.1, -0.05) is 19.3 Å². The summed E-state index contributed by atoms with van der Waals surface area (Å²) >= 11 is 0. The minimum absolute atomic E-state index is 0.347. The second-order valence-corrected chi connectivity index (χ2v) is 5.21. The van der Waals surface area contributed by atoms with Crippen LogP contribution in [0.25, 0.3) is 0 Å². The van der Waals surface area contributed by atoms with Crippen LogP contribution in [-0.2, 0) is 9.47 Å². The van der Waals surface area contributed by atoms with Crippen molar-refractivity contribution in [3.8, 4) is 12.3 Å². The molecule has 0 aromatic carbocycles. The highest BCUT2D eigenvalue weighted by Crippen LogP contribution is 2.34. The first kappa shape index (κ1) is 15.8. The summed E-state index contributed by atoms with van der Waals surface area (Å²) in [5.41, 5.74) is -0.842. The number of hydrogen-bond acceptors (Lipinski definition) is 4. The molecule has 5 nitrogen and oxygen atoms in total. The molecule has 1 aliphatic rings. The highest BCUT2D eigenvalue weighted by molar-refractivity contribution is 5.69. The third kappa shape index (κ3) is 3.40. The molecule has 0 spiro atoms. The molecule has 0 bridgehead atoms. The number of rotatable bonds is 4. The first-order valence-corrected chi connectivity index (χ1v) is 6.63. The highest BCUT2D eigenvalue weighted by atomic mass is 16.6. The van der Waals surface area contributed by atoms with Crippen molar-refractivity contribution in [1.82, 2.24) is 4.90 Å². The number of unbranched alkanes of at least 4 members (excludes halogenated alkanes) is 1. The molecular formula is C14H23NO4. The number of carbonyl (C=O) groups excluding carboxylic acids is 1. The molecule has 1 rings (SSSR count). The van der Waals surface area contributed by atoms with Crippen molar-refractivity contribution >= 4 is 6.09 Å². The molecule has 1 aliphatic heterocycles. The zero-order chi connectivity index (χ0) is 14.6. The van der Waals surface area contributed by atoms with Gasteiger partial charge >= 0.3 is 6.09 Å². The number of ether oxygens (including phenoxy) is 2. The Morgan fingerprint density at radius 2 is 2.26 bits per heavy atom. The molecule has 1 heterocycles. The van der Waals surface area contributed by atoms with Gasteiger partial charge in [-0.15, -0.1) is 6.42 Å². The summed E-state index contributed by atoms with van der Waals surface area (Å²) in [5, 5.41) is 9.89. The van der Waals surface area contributed by atoms with E-state index in [4.69, 9.17) is 15.9 Å². The molecule has 0 saturated carbocycles. The number of aliphatic hydroxyl groups is 1. The van der Waals surface area contributed by atoms with Crippen LogP contribution in [0.2, 0.25) is 0 Å². The molecule has 5 heteroatoms. The van der Waals surface area contributed by atoms with Crippen LogP contribution in [0.15, 0.2) is 0 Å². The Morgan fingerprint density at radius 3 is 2.79 bits per heavy atom. The van der Waals surface area contributed by atoms with Gasteiger partial charge in [0.15, 0.2) is 0 Å². The fourth-order valence-corrected chi connectivity index (χ4v) is 2.36. The Hall–Kier alpha value is -1.25. The van der Waals surface area contributed by atoms with Crippen LogP contribution >= 0.6 is 0 Å². The maximum absolute atomic E-state index is 12.2. The summed E-state index contributed by atoms with van der Waals surface area (Å²) in [6.45, 7) is 7.67. The van der Waals surface area contributed by atoms with Crippen molar-refractivity contribution in [3.05, 3.63) is 0 Å². The largest absolute Gasteiger partial charge is 0.449 e. The van der Waals surface area contributed by atoms with Gasteiger partial charge in [0.05, 0.1) is 12.7 Å². The Bertz CT molecular complexity index is 361. The topological polar surface area (TPSA) is 59.0 Å². The van der Waals surface area contributed by atoms with Crippen LogP contribution in [0.5, 0.6) is 0 Å². The maximum Gasteiger partial charge on any atom is 0.412 e. The Morgan fingerprint density at radius 1 is 1.63 bits per heavy atom. The molecule has 3 atom stereocenters. The molecule has 19 heavy (non-hydrogen) atoms. The number of aliphatic hydroxyl groups excluding tert-OH is 1. The van der Waals surface area contributed by atoms with Gasteiger partial charge in [-0.3, -0.25) is 4.90 Å². The Labute approximate surface area is 114 Å². The molecule has 0 radical (unpaired) electrons. The lowest BCUT2D eigenvalue weighted by Gasteiger charge is -2.33. The SMILES string of the molecule is C#C[C@@H](O)[C@@H]1[C@@H](C)OC(C)(C)N1C(=O)OCCCC. The predicted molar refractivity (Wildman–Crippen MR) is 71.3 cm³/mol. The fourth-order valence-electron chi connectivity index (χ4n) is 2.36. The maximum atomic E-state index is 12.2. The summed E-state index contributed by atoms with van der Waals surface area (Å²) < 4.78 is 10.9. The zero-order valence-corrected chi connectivity index (χ0v) is 12.0. The molecular weight excluding hydrogens is 246 g/mol. The van der Waals surface area contributed by atoms with Crippen LogP contribution in [-0.4, -0.2) is 46.7 Å². The second kappa shape index (κ2) is 6.27. The third-order valence-electron chi connectivity index (χ3n) is 3.25. The van der Waals surface area contributed by atoms with E-state index < -0.39 is 24.0 Å². The van der Waals surface area contributed by atoms with Crippen molar-refractivity contribution in [1.29, 1.82) is 0 Å². The monoisotopic (exact) mass is 269 g/mol. The standard InChI is InChI=1S/C14H23NO4/c1-6-8-9-18-13(17)15-12(11(16)7-2)10(3)19-14(15,4)5/h2,10-12,16H,6,8-9H2,1,3-5H3/t10-,11-,12+/m1/s1. The van der Waals surface area contributed by atoms with Gasteiger partial charge < -0.3 is 14.6 Å². The molecule has 1 fully saturated rings. The zero-order valence-electron chi connectivity index (χ0n) is 12.0. The molecule has 0 aliphatic carbocycles. The summed E-state index contributed by atoms with van der Waals surface area (Å²) in [7, 11) is 0. The van der Waals surface area contributed by atoms with Crippen LogP contribution in [0, 0.1) is 12.3 Å². The normalized spacial score (nSPS) is 26.8. The van der Waals surface area contributed by atoms with Gasteiger partial charge in [0, 0.05) is 0 Å². The minimum Gasteiger partial charge on any atom is -0.449 e. The van der Waals surface area contributed by atoms with Crippen LogP contribution in [0.4, 0.5) is 4.79 Å². The van der Waals surface area contributed by atoms with E-state index in [0.29, 0.717) is 6.61 Å². The molecule has 108 valence electrons. The predicted octanol–water partition coefficient (Wildman–Crippen LogP) is 1.74. The highest BCUT2D eigenvalue weighted by Gasteiger charge is 2.51. The van der Waals surface area contributed by atoms with Gasteiger partial charge in [-0.25, -0.2) is 4.79 Å². The fraction of sp³-hybridized carbons (Fsp3) is 0.786.